The predicted molar refractivity (Wildman–Crippen MR) is 80.2 cm³/mol. The Hall–Kier alpha value is -2.35. The topological polar surface area (TPSA) is 76.5 Å². The molecule has 1 saturated heterocycles. The first kappa shape index (κ1) is 14.6. The number of rotatable bonds is 6. The Balaban J connectivity index is 1.54. The van der Waals surface area contributed by atoms with E-state index >= 15 is 0 Å². The summed E-state index contributed by atoms with van der Waals surface area (Å²) in [5.74, 6) is -0.199. The Morgan fingerprint density at radius 1 is 1.50 bits per heavy atom. The van der Waals surface area contributed by atoms with Crippen LogP contribution in [0.4, 0.5) is 4.79 Å². The molecule has 0 bridgehead atoms. The highest BCUT2D eigenvalue weighted by Crippen LogP contribution is 2.19. The molecule has 1 aliphatic heterocycles. The fraction of sp³-hybridized carbons (Fsp3) is 0.357. The van der Waals surface area contributed by atoms with Crippen LogP contribution in [-0.2, 0) is 22.6 Å². The van der Waals surface area contributed by atoms with E-state index in [4.69, 9.17) is 4.74 Å². The van der Waals surface area contributed by atoms with Gasteiger partial charge in [0, 0.05) is 23.8 Å². The van der Waals surface area contributed by atoms with Gasteiger partial charge in [0.05, 0.1) is 13.1 Å². The molecule has 2 aromatic heterocycles. The molecule has 0 spiro atoms. The first-order chi connectivity index (χ1) is 10.7. The summed E-state index contributed by atoms with van der Waals surface area (Å²) in [6.45, 7) is 1.54. The molecule has 1 atom stereocenters. The molecule has 0 aliphatic carbocycles. The second-order valence-corrected chi connectivity index (χ2v) is 5.89. The Labute approximate surface area is 131 Å². The van der Waals surface area contributed by atoms with Crippen molar-refractivity contribution < 1.29 is 14.3 Å². The number of ether oxygens (including phenoxy) is 1. The number of nitrogens with zero attached hydrogens (tertiary/aromatic N) is 3. The largest absolute Gasteiger partial charge is 0.447 e. The fourth-order valence-electron chi connectivity index (χ4n) is 2.26. The predicted octanol–water partition coefficient (Wildman–Crippen LogP) is 1.08. The summed E-state index contributed by atoms with van der Waals surface area (Å²) in [6, 6.07) is 5.10. The van der Waals surface area contributed by atoms with Crippen molar-refractivity contribution in [1.82, 2.24) is 20.0 Å². The van der Waals surface area contributed by atoms with Gasteiger partial charge in [0.2, 0.25) is 5.91 Å². The molecule has 2 amide bonds. The molecule has 0 aromatic carbocycles. The Kier molecular flexibility index (Phi) is 4.38. The molecule has 0 radical (unpaired) electrons. The highest BCUT2D eigenvalue weighted by Gasteiger charge is 2.37. The van der Waals surface area contributed by atoms with E-state index in [9.17, 15) is 9.59 Å². The van der Waals surface area contributed by atoms with Gasteiger partial charge in [0.25, 0.3) is 0 Å². The van der Waals surface area contributed by atoms with Crippen molar-refractivity contribution in [2.75, 3.05) is 13.2 Å². The minimum absolute atomic E-state index is 0.0951. The summed E-state index contributed by atoms with van der Waals surface area (Å²) in [7, 11) is 0. The van der Waals surface area contributed by atoms with Crippen molar-refractivity contribution in [2.45, 2.75) is 19.1 Å². The summed E-state index contributed by atoms with van der Waals surface area (Å²) in [4.78, 5) is 26.5. The van der Waals surface area contributed by atoms with Crippen molar-refractivity contribution >= 4 is 23.3 Å². The maximum Gasteiger partial charge on any atom is 0.410 e. The number of nitrogens with one attached hydrogen (secondary N) is 1. The smallest absolute Gasteiger partial charge is 0.410 e. The van der Waals surface area contributed by atoms with E-state index in [0.717, 1.165) is 4.88 Å². The summed E-state index contributed by atoms with van der Waals surface area (Å²) in [5.41, 5.74) is 0. The average Bonchev–Trinajstić information content (AvgIpc) is 3.23. The maximum absolute atomic E-state index is 12.2. The van der Waals surface area contributed by atoms with Crippen LogP contribution in [0.3, 0.4) is 0 Å². The molecule has 2 aromatic rings. The van der Waals surface area contributed by atoms with E-state index in [2.05, 4.69) is 10.4 Å². The molecule has 3 rings (SSSR count). The molecular formula is C14H16N4O3S. The Bertz CT molecular complexity index is 627. The van der Waals surface area contributed by atoms with Gasteiger partial charge in [-0.2, -0.15) is 5.10 Å². The zero-order chi connectivity index (χ0) is 15.4. The van der Waals surface area contributed by atoms with Gasteiger partial charge < -0.3 is 10.1 Å². The molecule has 0 saturated carbocycles. The molecular weight excluding hydrogens is 304 g/mol. The number of aromatic nitrogens is 2. The van der Waals surface area contributed by atoms with Crippen molar-refractivity contribution in [1.29, 1.82) is 0 Å². The molecule has 22 heavy (non-hydrogen) atoms. The second-order valence-electron chi connectivity index (χ2n) is 4.86. The Morgan fingerprint density at radius 2 is 2.41 bits per heavy atom. The van der Waals surface area contributed by atoms with Crippen molar-refractivity contribution in [3.63, 3.8) is 0 Å². The standard InChI is InChI=1S/C14H16N4O3S/c19-13(15-5-7-17-6-2-4-16-17)12-10-21-14(20)18(12)9-11-3-1-8-22-11/h1-4,6,8,12H,5,7,9-10H2,(H,15,19)/t12-/m0/s1. The summed E-state index contributed by atoms with van der Waals surface area (Å²) < 4.78 is 6.75. The minimum atomic E-state index is -0.577. The van der Waals surface area contributed by atoms with E-state index in [0.29, 0.717) is 19.6 Å². The number of hydrogen-bond acceptors (Lipinski definition) is 5. The first-order valence-corrected chi connectivity index (χ1v) is 7.83. The van der Waals surface area contributed by atoms with Gasteiger partial charge >= 0.3 is 6.09 Å². The molecule has 1 fully saturated rings. The van der Waals surface area contributed by atoms with Crippen LogP contribution in [0.5, 0.6) is 0 Å². The third-order valence-electron chi connectivity index (χ3n) is 3.38. The van der Waals surface area contributed by atoms with E-state index in [1.165, 1.54) is 4.90 Å². The van der Waals surface area contributed by atoms with Gasteiger partial charge in [0.15, 0.2) is 0 Å². The normalized spacial score (nSPS) is 17.5. The third kappa shape index (κ3) is 3.28. The van der Waals surface area contributed by atoms with Gasteiger partial charge in [-0.15, -0.1) is 11.3 Å². The van der Waals surface area contributed by atoms with Gasteiger partial charge in [-0.1, -0.05) is 6.07 Å². The van der Waals surface area contributed by atoms with Gasteiger partial charge in [-0.05, 0) is 17.5 Å². The first-order valence-electron chi connectivity index (χ1n) is 6.95. The molecule has 3 heterocycles. The van der Waals surface area contributed by atoms with Crippen LogP contribution in [0.2, 0.25) is 0 Å². The molecule has 7 nitrogen and oxygen atoms in total. The summed E-state index contributed by atoms with van der Waals surface area (Å²) >= 11 is 1.55. The number of amides is 2. The molecule has 1 N–H and O–H groups in total. The number of thiophene rings is 1. The van der Waals surface area contributed by atoms with Crippen molar-refractivity contribution in [3.05, 3.63) is 40.8 Å². The highest BCUT2D eigenvalue weighted by atomic mass is 32.1. The second kappa shape index (κ2) is 6.61. The number of hydrogen-bond donors (Lipinski definition) is 1. The molecule has 0 unspecified atom stereocenters. The maximum atomic E-state index is 12.2. The van der Waals surface area contributed by atoms with Crippen LogP contribution in [0.15, 0.2) is 36.0 Å². The van der Waals surface area contributed by atoms with Crippen molar-refractivity contribution in [3.8, 4) is 0 Å². The SMILES string of the molecule is O=C(NCCn1cccn1)[C@@H]1COC(=O)N1Cc1cccs1. The van der Waals surface area contributed by atoms with E-state index in [-0.39, 0.29) is 12.5 Å². The lowest BCUT2D eigenvalue weighted by molar-refractivity contribution is -0.125. The van der Waals surface area contributed by atoms with Gasteiger partial charge in [-0.3, -0.25) is 14.4 Å². The highest BCUT2D eigenvalue weighted by molar-refractivity contribution is 7.09. The number of cyclic esters (lactones) is 1. The minimum Gasteiger partial charge on any atom is -0.447 e. The lowest BCUT2D eigenvalue weighted by atomic mass is 10.2. The zero-order valence-corrected chi connectivity index (χ0v) is 12.7. The van der Waals surface area contributed by atoms with Gasteiger partial charge in [-0.25, -0.2) is 4.79 Å². The quantitative estimate of drug-likeness (QED) is 0.864. The van der Waals surface area contributed by atoms with Crippen LogP contribution in [0.1, 0.15) is 4.88 Å². The zero-order valence-electron chi connectivity index (χ0n) is 11.8. The average molecular weight is 320 g/mol. The van der Waals surface area contributed by atoms with Crippen LogP contribution >= 0.6 is 11.3 Å². The van der Waals surface area contributed by atoms with Crippen LogP contribution in [-0.4, -0.2) is 45.9 Å². The molecule has 116 valence electrons. The van der Waals surface area contributed by atoms with Gasteiger partial charge in [0.1, 0.15) is 12.6 Å². The Morgan fingerprint density at radius 3 is 3.14 bits per heavy atom. The van der Waals surface area contributed by atoms with Crippen LogP contribution in [0, 0.1) is 0 Å². The summed E-state index contributed by atoms with van der Waals surface area (Å²) in [6.07, 6.45) is 3.08. The monoisotopic (exact) mass is 320 g/mol. The molecule has 8 heteroatoms. The molecule has 1 aliphatic rings. The van der Waals surface area contributed by atoms with Crippen LogP contribution < -0.4 is 5.32 Å². The van der Waals surface area contributed by atoms with E-state index in [1.807, 2.05) is 29.8 Å². The number of carbonyl (C=O) groups excluding carboxylic acids is 2. The fourth-order valence-corrected chi connectivity index (χ4v) is 2.96. The van der Waals surface area contributed by atoms with E-state index < -0.39 is 12.1 Å². The third-order valence-corrected chi connectivity index (χ3v) is 4.24. The summed E-state index contributed by atoms with van der Waals surface area (Å²) in [5, 5.41) is 8.83. The van der Waals surface area contributed by atoms with Crippen molar-refractivity contribution in [2.24, 2.45) is 0 Å². The number of carbonyl (C=O) groups is 2. The lowest BCUT2D eigenvalue weighted by Gasteiger charge is -2.20. The van der Waals surface area contributed by atoms with E-state index in [1.54, 1.807) is 22.2 Å². The van der Waals surface area contributed by atoms with Crippen LogP contribution in [0.25, 0.3) is 0 Å². The lowest BCUT2D eigenvalue weighted by Crippen LogP contribution is -2.46.